The molecule has 0 saturated carbocycles. The van der Waals surface area contributed by atoms with Gasteiger partial charge in [-0.05, 0) is 0 Å². The van der Waals surface area contributed by atoms with E-state index < -0.39 is 102 Å². The molecule has 0 aliphatic heterocycles. The molecule has 13 nitrogen and oxygen atoms in total. The Balaban J connectivity index is 6.35. The first-order valence-corrected chi connectivity index (χ1v) is 8.76. The predicted molar refractivity (Wildman–Crippen MR) is 94.2 cm³/mol. The molecule has 0 spiro atoms. The van der Waals surface area contributed by atoms with Crippen LogP contribution in [0, 0.1) is 10.8 Å². The fourth-order valence-corrected chi connectivity index (χ4v) is 3.15. The zero-order valence-electron chi connectivity index (χ0n) is 16.2. The summed E-state index contributed by atoms with van der Waals surface area (Å²) in [7, 11) is 0. The van der Waals surface area contributed by atoms with E-state index >= 15 is 0 Å². The first kappa shape index (κ1) is 28.5. The van der Waals surface area contributed by atoms with Crippen LogP contribution >= 0.6 is 0 Å². The molecule has 0 atom stereocenters. The van der Waals surface area contributed by atoms with Gasteiger partial charge in [-0.15, -0.1) is 0 Å². The van der Waals surface area contributed by atoms with Crippen LogP contribution in [0.5, 0.6) is 0 Å². The molecule has 0 rings (SSSR count). The Morgan fingerprint density at radius 3 is 1.07 bits per heavy atom. The van der Waals surface area contributed by atoms with Gasteiger partial charge < -0.3 is 65.3 Å². The number of hydrogen-bond donors (Lipinski definition) is 10. The molecular formula is C16H34O13. The van der Waals surface area contributed by atoms with Crippen LogP contribution in [0.4, 0.5) is 0 Å². The van der Waals surface area contributed by atoms with E-state index in [4.69, 9.17) is 14.2 Å². The number of hydrogen-bond acceptors (Lipinski definition) is 13. The zero-order chi connectivity index (χ0) is 22.6. The molecule has 0 fully saturated rings. The first-order valence-electron chi connectivity index (χ1n) is 8.76. The highest BCUT2D eigenvalue weighted by Crippen LogP contribution is 2.46. The molecule has 0 heterocycles. The quantitative estimate of drug-likeness (QED) is 0.0908. The van der Waals surface area contributed by atoms with Gasteiger partial charge in [0.25, 0.3) is 0 Å². The Morgan fingerprint density at radius 1 is 0.448 bits per heavy atom. The molecule has 0 aromatic rings. The Labute approximate surface area is 167 Å². The van der Waals surface area contributed by atoms with Crippen molar-refractivity contribution in [2.45, 2.75) is 11.2 Å². The van der Waals surface area contributed by atoms with Gasteiger partial charge in [0.2, 0.25) is 0 Å². The molecule has 0 saturated heterocycles. The molecule has 0 amide bonds. The second-order valence-corrected chi connectivity index (χ2v) is 6.88. The van der Waals surface area contributed by atoms with Crippen molar-refractivity contribution in [1.29, 1.82) is 0 Å². The lowest BCUT2D eigenvalue weighted by molar-refractivity contribution is -0.322. The fourth-order valence-electron chi connectivity index (χ4n) is 3.15. The minimum atomic E-state index is -2.25. The lowest BCUT2D eigenvalue weighted by atomic mass is 9.62. The van der Waals surface area contributed by atoms with E-state index in [1.54, 1.807) is 0 Å². The third kappa shape index (κ3) is 5.40. The number of aliphatic hydroxyl groups is 10. The maximum atomic E-state index is 10.2. The summed E-state index contributed by atoms with van der Waals surface area (Å²) in [5.74, 6) is 0. The fraction of sp³-hybridized carbons (Fsp3) is 1.00. The van der Waals surface area contributed by atoms with E-state index in [0.29, 0.717) is 0 Å². The summed E-state index contributed by atoms with van der Waals surface area (Å²) in [6, 6.07) is 0. The van der Waals surface area contributed by atoms with Crippen LogP contribution in [0.2, 0.25) is 0 Å². The molecular weight excluding hydrogens is 400 g/mol. The largest absolute Gasteiger partial charge is 0.396 e. The lowest BCUT2D eigenvalue weighted by Gasteiger charge is -2.55. The molecule has 0 aromatic heterocycles. The maximum Gasteiger partial charge on any atom is 0.144 e. The van der Waals surface area contributed by atoms with E-state index in [2.05, 4.69) is 0 Å². The molecule has 176 valence electrons. The van der Waals surface area contributed by atoms with Gasteiger partial charge in [0, 0.05) is 0 Å². The molecule has 0 unspecified atom stereocenters. The van der Waals surface area contributed by atoms with Crippen molar-refractivity contribution in [3.8, 4) is 0 Å². The Hall–Kier alpha value is -0.520. The number of aliphatic hydroxyl groups excluding tert-OH is 10. The van der Waals surface area contributed by atoms with Gasteiger partial charge in [-0.1, -0.05) is 0 Å². The van der Waals surface area contributed by atoms with Crippen LogP contribution in [0.25, 0.3) is 0 Å². The van der Waals surface area contributed by atoms with Crippen LogP contribution in [0.1, 0.15) is 0 Å². The van der Waals surface area contributed by atoms with Crippen molar-refractivity contribution in [3.63, 3.8) is 0 Å². The lowest BCUT2D eigenvalue weighted by Crippen LogP contribution is -2.73. The topological polar surface area (TPSA) is 230 Å². The third-order valence-electron chi connectivity index (χ3n) is 5.48. The molecule has 0 aliphatic carbocycles. The van der Waals surface area contributed by atoms with E-state index in [1.165, 1.54) is 0 Å². The summed E-state index contributed by atoms with van der Waals surface area (Å²) < 4.78 is 15.6. The van der Waals surface area contributed by atoms with Crippen LogP contribution < -0.4 is 0 Å². The van der Waals surface area contributed by atoms with Gasteiger partial charge in [-0.25, -0.2) is 0 Å². The van der Waals surface area contributed by atoms with Gasteiger partial charge in [0.1, 0.15) is 24.8 Å². The highest BCUT2D eigenvalue weighted by Gasteiger charge is 2.65. The Bertz CT molecular complexity index is 391. The minimum absolute atomic E-state index is 0.490. The minimum Gasteiger partial charge on any atom is -0.396 e. The smallest absolute Gasteiger partial charge is 0.144 e. The van der Waals surface area contributed by atoms with Gasteiger partial charge in [-0.3, -0.25) is 0 Å². The van der Waals surface area contributed by atoms with Crippen LogP contribution in [-0.4, -0.2) is 142 Å². The molecule has 0 aliphatic rings. The highest BCUT2D eigenvalue weighted by atomic mass is 16.6. The van der Waals surface area contributed by atoms with Crippen LogP contribution in [-0.2, 0) is 14.2 Å². The monoisotopic (exact) mass is 434 g/mol. The standard InChI is InChI=1S/C16H34O13/c17-1-13(2-18,3-19)9-27-10-14(4-20,15(5-21,6-22)28-11-25)16(7-23,8-24)29-12-26/h17-26H,1-12H2. The molecule has 13 heteroatoms. The average molecular weight is 434 g/mol. The van der Waals surface area contributed by atoms with Crippen molar-refractivity contribution in [2.75, 3.05) is 79.7 Å². The van der Waals surface area contributed by atoms with Gasteiger partial charge in [-0.2, -0.15) is 0 Å². The Kier molecular flexibility index (Phi) is 12.8. The van der Waals surface area contributed by atoms with Crippen molar-refractivity contribution in [1.82, 2.24) is 0 Å². The van der Waals surface area contributed by atoms with Crippen molar-refractivity contribution in [3.05, 3.63) is 0 Å². The van der Waals surface area contributed by atoms with Gasteiger partial charge in [0.15, 0.2) is 0 Å². The van der Waals surface area contributed by atoms with Crippen LogP contribution in [0.3, 0.4) is 0 Å². The average Bonchev–Trinajstić information content (AvgIpc) is 2.77. The molecule has 10 N–H and O–H groups in total. The zero-order valence-corrected chi connectivity index (χ0v) is 16.2. The Morgan fingerprint density at radius 2 is 0.828 bits per heavy atom. The molecule has 29 heavy (non-hydrogen) atoms. The predicted octanol–water partition coefficient (Wildman–Crippen LogP) is -5.68. The summed E-state index contributed by atoms with van der Waals surface area (Å²) in [5, 5.41) is 96.7. The van der Waals surface area contributed by atoms with E-state index in [-0.39, 0.29) is 0 Å². The number of ether oxygens (including phenoxy) is 3. The molecule has 0 radical (unpaired) electrons. The van der Waals surface area contributed by atoms with Crippen molar-refractivity contribution >= 4 is 0 Å². The highest BCUT2D eigenvalue weighted by molar-refractivity contribution is 5.12. The summed E-state index contributed by atoms with van der Waals surface area (Å²) in [5.41, 5.74) is -8.18. The second-order valence-electron chi connectivity index (χ2n) is 6.88. The third-order valence-corrected chi connectivity index (χ3v) is 5.48. The molecule has 0 bridgehead atoms. The van der Waals surface area contributed by atoms with E-state index in [9.17, 15) is 51.1 Å². The van der Waals surface area contributed by atoms with E-state index in [0.717, 1.165) is 0 Å². The molecule has 0 aromatic carbocycles. The SMILES string of the molecule is OCOC(CO)(CO)C(CO)(COCC(CO)(CO)CO)C(CO)(CO)OCO. The number of rotatable bonds is 18. The van der Waals surface area contributed by atoms with Crippen molar-refractivity contribution < 1.29 is 65.3 Å². The normalized spacial score (nSPS) is 13.9. The van der Waals surface area contributed by atoms with Crippen LogP contribution in [0.15, 0.2) is 0 Å². The summed E-state index contributed by atoms with van der Waals surface area (Å²) >= 11 is 0. The first-order chi connectivity index (χ1) is 13.8. The summed E-state index contributed by atoms with van der Waals surface area (Å²) in [4.78, 5) is 0. The van der Waals surface area contributed by atoms with Crippen molar-refractivity contribution in [2.24, 2.45) is 10.8 Å². The maximum absolute atomic E-state index is 10.2. The second kappa shape index (κ2) is 13.0. The summed E-state index contributed by atoms with van der Waals surface area (Å²) in [6.45, 7) is -10.6. The van der Waals surface area contributed by atoms with Gasteiger partial charge >= 0.3 is 0 Å². The van der Waals surface area contributed by atoms with E-state index in [1.807, 2.05) is 0 Å². The van der Waals surface area contributed by atoms with Gasteiger partial charge in [0.05, 0.1) is 76.9 Å². The summed E-state index contributed by atoms with van der Waals surface area (Å²) in [6.07, 6.45) is 0.